The van der Waals surface area contributed by atoms with Gasteiger partial charge in [0.1, 0.15) is 23.7 Å². The first-order valence-corrected chi connectivity index (χ1v) is 8.67. The summed E-state index contributed by atoms with van der Waals surface area (Å²) >= 11 is 0. The van der Waals surface area contributed by atoms with Gasteiger partial charge in [-0.25, -0.2) is 4.79 Å². The molecule has 0 spiro atoms. The van der Waals surface area contributed by atoms with Crippen LogP contribution in [0, 0.1) is 0 Å². The van der Waals surface area contributed by atoms with Crippen LogP contribution in [0.25, 0.3) is 0 Å². The number of hydrogen-bond acceptors (Lipinski definition) is 8. The van der Waals surface area contributed by atoms with Gasteiger partial charge in [-0.2, -0.15) is 9.97 Å². The fraction of sp³-hybridized carbons (Fsp3) is 0.190. The molecule has 0 saturated carbocycles. The largest absolute Gasteiger partial charge is 0.496 e. The Hall–Kier alpha value is -3.81. The fourth-order valence-corrected chi connectivity index (χ4v) is 2.50. The van der Waals surface area contributed by atoms with Gasteiger partial charge in [-0.15, -0.1) is 0 Å². The van der Waals surface area contributed by atoms with Gasteiger partial charge in [0.2, 0.25) is 11.8 Å². The van der Waals surface area contributed by atoms with E-state index in [1.165, 1.54) is 27.4 Å². The van der Waals surface area contributed by atoms with E-state index < -0.39 is 5.97 Å². The van der Waals surface area contributed by atoms with Crippen LogP contribution < -0.4 is 18.9 Å². The lowest BCUT2D eigenvalue weighted by Crippen LogP contribution is -2.09. The Labute approximate surface area is 168 Å². The van der Waals surface area contributed by atoms with Crippen LogP contribution in [-0.2, 0) is 11.3 Å². The zero-order valence-electron chi connectivity index (χ0n) is 16.2. The predicted molar refractivity (Wildman–Crippen MR) is 104 cm³/mol. The topological polar surface area (TPSA) is 89.0 Å². The number of carbonyl (C=O) groups is 1. The van der Waals surface area contributed by atoms with Gasteiger partial charge in [0.05, 0.1) is 27.4 Å². The Bertz CT molecular complexity index is 956. The van der Waals surface area contributed by atoms with Crippen LogP contribution in [-0.4, -0.2) is 37.3 Å². The molecule has 1 heterocycles. The lowest BCUT2D eigenvalue weighted by atomic mass is 10.1. The van der Waals surface area contributed by atoms with Gasteiger partial charge >= 0.3 is 12.0 Å². The van der Waals surface area contributed by atoms with E-state index in [4.69, 9.17) is 23.7 Å². The molecular weight excluding hydrogens is 376 g/mol. The fourth-order valence-electron chi connectivity index (χ4n) is 2.50. The van der Waals surface area contributed by atoms with Crippen LogP contribution in [0.5, 0.6) is 29.3 Å². The van der Waals surface area contributed by atoms with Gasteiger partial charge in [0, 0.05) is 0 Å². The highest BCUT2D eigenvalue weighted by molar-refractivity contribution is 5.95. The lowest BCUT2D eigenvalue weighted by Gasteiger charge is -2.14. The lowest BCUT2D eigenvalue weighted by molar-refractivity contribution is 0.0466. The third-order valence-electron chi connectivity index (χ3n) is 3.90. The van der Waals surface area contributed by atoms with Crippen molar-refractivity contribution in [1.29, 1.82) is 0 Å². The Morgan fingerprint density at radius 3 is 2.10 bits per heavy atom. The molecule has 0 aliphatic carbocycles. The van der Waals surface area contributed by atoms with Crippen molar-refractivity contribution in [3.05, 3.63) is 65.7 Å². The van der Waals surface area contributed by atoms with Gasteiger partial charge in [0.15, 0.2) is 0 Å². The number of ether oxygens (including phenoxy) is 5. The van der Waals surface area contributed by atoms with Crippen LogP contribution in [0.4, 0.5) is 0 Å². The van der Waals surface area contributed by atoms with Crippen LogP contribution >= 0.6 is 0 Å². The Balaban J connectivity index is 1.89. The normalized spacial score (nSPS) is 10.2. The van der Waals surface area contributed by atoms with Crippen molar-refractivity contribution in [3.8, 4) is 29.3 Å². The molecule has 0 N–H and O–H groups in total. The molecule has 0 aliphatic heterocycles. The third kappa shape index (κ3) is 4.92. The zero-order chi connectivity index (χ0) is 20.6. The third-order valence-corrected chi connectivity index (χ3v) is 3.90. The smallest absolute Gasteiger partial charge is 0.346 e. The van der Waals surface area contributed by atoms with Gasteiger partial charge < -0.3 is 23.7 Å². The second-order valence-corrected chi connectivity index (χ2v) is 5.73. The van der Waals surface area contributed by atoms with E-state index >= 15 is 0 Å². The SMILES string of the molecule is COc1cc(OC)nc(Oc2cccc(OC)c2C(=O)OCc2ccccc2)n1. The molecule has 0 bridgehead atoms. The molecule has 2 aromatic carbocycles. The van der Waals surface area contributed by atoms with Crippen LogP contribution in [0.3, 0.4) is 0 Å². The van der Waals surface area contributed by atoms with Crippen LogP contribution in [0.15, 0.2) is 54.6 Å². The van der Waals surface area contributed by atoms with E-state index in [-0.39, 0.29) is 35.7 Å². The van der Waals surface area contributed by atoms with E-state index in [1.807, 2.05) is 30.3 Å². The van der Waals surface area contributed by atoms with Crippen molar-refractivity contribution in [1.82, 2.24) is 9.97 Å². The highest BCUT2D eigenvalue weighted by atomic mass is 16.5. The molecule has 1 aromatic heterocycles. The molecule has 3 rings (SSSR count). The Morgan fingerprint density at radius 1 is 0.828 bits per heavy atom. The molecule has 29 heavy (non-hydrogen) atoms. The number of esters is 1. The summed E-state index contributed by atoms with van der Waals surface area (Å²) < 4.78 is 26.7. The zero-order valence-corrected chi connectivity index (χ0v) is 16.2. The predicted octanol–water partition coefficient (Wildman–Crippen LogP) is 3.65. The summed E-state index contributed by atoms with van der Waals surface area (Å²) in [6.07, 6.45) is 0. The maximum absolute atomic E-state index is 12.8. The van der Waals surface area contributed by atoms with Crippen molar-refractivity contribution in [2.75, 3.05) is 21.3 Å². The second kappa shape index (κ2) is 9.41. The summed E-state index contributed by atoms with van der Waals surface area (Å²) in [7, 11) is 4.38. The highest BCUT2D eigenvalue weighted by Crippen LogP contribution is 2.33. The standard InChI is InChI=1S/C21H20N2O6/c1-25-15-10-7-11-16(29-21-22-17(26-2)12-18(23-21)27-3)19(15)20(24)28-13-14-8-5-4-6-9-14/h4-12H,13H2,1-3H3. The van der Waals surface area contributed by atoms with Crippen molar-refractivity contribution >= 4 is 5.97 Å². The number of nitrogens with zero attached hydrogens (tertiary/aromatic N) is 2. The van der Waals surface area contributed by atoms with Crippen molar-refractivity contribution in [3.63, 3.8) is 0 Å². The number of rotatable bonds is 8. The van der Waals surface area contributed by atoms with Crippen molar-refractivity contribution in [2.24, 2.45) is 0 Å². The van der Waals surface area contributed by atoms with Crippen molar-refractivity contribution < 1.29 is 28.5 Å². The van der Waals surface area contributed by atoms with E-state index in [0.29, 0.717) is 5.75 Å². The Kier molecular flexibility index (Phi) is 6.47. The average Bonchev–Trinajstić information content (AvgIpc) is 2.77. The van der Waals surface area contributed by atoms with Gasteiger partial charge in [0.25, 0.3) is 0 Å². The van der Waals surface area contributed by atoms with Gasteiger partial charge in [-0.1, -0.05) is 36.4 Å². The van der Waals surface area contributed by atoms with E-state index in [9.17, 15) is 4.79 Å². The van der Waals surface area contributed by atoms with Crippen LogP contribution in [0.1, 0.15) is 15.9 Å². The summed E-state index contributed by atoms with van der Waals surface area (Å²) in [4.78, 5) is 21.0. The summed E-state index contributed by atoms with van der Waals surface area (Å²) in [5, 5.41) is 0. The minimum absolute atomic E-state index is 0.0495. The maximum Gasteiger partial charge on any atom is 0.346 e. The minimum atomic E-state index is -0.601. The summed E-state index contributed by atoms with van der Waals surface area (Å²) in [5.74, 6) is 0.384. The van der Waals surface area contributed by atoms with Gasteiger partial charge in [-0.3, -0.25) is 0 Å². The molecule has 0 radical (unpaired) electrons. The molecule has 150 valence electrons. The molecule has 3 aromatic rings. The first kappa shape index (κ1) is 19.9. The first-order valence-electron chi connectivity index (χ1n) is 8.67. The Morgan fingerprint density at radius 2 is 1.48 bits per heavy atom. The summed E-state index contributed by atoms with van der Waals surface area (Å²) in [5.41, 5.74) is 0.982. The molecule has 0 aliphatic rings. The molecule has 8 nitrogen and oxygen atoms in total. The summed E-state index contributed by atoms with van der Waals surface area (Å²) in [6, 6.07) is 15.7. The van der Waals surface area contributed by atoms with E-state index in [1.54, 1.807) is 18.2 Å². The first-order chi connectivity index (χ1) is 14.1. The van der Waals surface area contributed by atoms with E-state index in [0.717, 1.165) is 5.56 Å². The monoisotopic (exact) mass is 396 g/mol. The molecule has 0 amide bonds. The summed E-state index contributed by atoms with van der Waals surface area (Å²) in [6.45, 7) is 0.112. The molecule has 0 unspecified atom stereocenters. The molecule has 0 atom stereocenters. The number of methoxy groups -OCH3 is 3. The minimum Gasteiger partial charge on any atom is -0.496 e. The van der Waals surface area contributed by atoms with Crippen LogP contribution in [0.2, 0.25) is 0 Å². The maximum atomic E-state index is 12.8. The molecular formula is C21H20N2O6. The average molecular weight is 396 g/mol. The number of aromatic nitrogens is 2. The number of carbonyl (C=O) groups excluding carboxylic acids is 1. The molecule has 0 fully saturated rings. The van der Waals surface area contributed by atoms with Crippen molar-refractivity contribution in [2.45, 2.75) is 6.61 Å². The molecule has 8 heteroatoms. The van der Waals surface area contributed by atoms with Gasteiger partial charge in [-0.05, 0) is 17.7 Å². The quantitative estimate of drug-likeness (QED) is 0.533. The number of benzene rings is 2. The number of hydrogen-bond donors (Lipinski definition) is 0. The van der Waals surface area contributed by atoms with E-state index in [2.05, 4.69) is 9.97 Å². The molecule has 0 saturated heterocycles. The highest BCUT2D eigenvalue weighted by Gasteiger charge is 2.22. The second-order valence-electron chi connectivity index (χ2n) is 5.73.